The van der Waals surface area contributed by atoms with Crippen LogP contribution in [0.5, 0.6) is 5.88 Å². The minimum atomic E-state index is 0.323. The van der Waals surface area contributed by atoms with Crippen molar-refractivity contribution in [3.8, 4) is 5.88 Å². The summed E-state index contributed by atoms with van der Waals surface area (Å²) in [5.41, 5.74) is 7.15. The predicted molar refractivity (Wildman–Crippen MR) is 60.6 cm³/mol. The molecular weight excluding hydrogens is 196 g/mol. The molecule has 0 saturated heterocycles. The summed E-state index contributed by atoms with van der Waals surface area (Å²) in [5.74, 6) is 0.541. The monoisotopic (exact) mass is 210 g/mol. The zero-order valence-corrected chi connectivity index (χ0v) is 9.23. The SMILES string of the molecule is CCCOc1nc(C)ccc1C(N)=S. The minimum Gasteiger partial charge on any atom is -0.477 e. The first-order valence-electron chi connectivity index (χ1n) is 4.55. The molecule has 0 fully saturated rings. The Morgan fingerprint density at radius 2 is 2.29 bits per heavy atom. The van der Waals surface area contributed by atoms with Gasteiger partial charge in [-0.1, -0.05) is 19.1 Å². The van der Waals surface area contributed by atoms with Gasteiger partial charge in [0.15, 0.2) is 0 Å². The fraction of sp³-hybridized carbons (Fsp3) is 0.400. The average molecular weight is 210 g/mol. The highest BCUT2D eigenvalue weighted by Gasteiger charge is 2.07. The Morgan fingerprint density at radius 1 is 1.57 bits per heavy atom. The molecule has 1 aromatic heterocycles. The van der Waals surface area contributed by atoms with Gasteiger partial charge < -0.3 is 10.5 Å². The molecule has 0 radical (unpaired) electrons. The lowest BCUT2D eigenvalue weighted by atomic mass is 10.2. The Kier molecular flexibility index (Phi) is 3.83. The van der Waals surface area contributed by atoms with E-state index in [1.54, 1.807) is 0 Å². The Morgan fingerprint density at radius 3 is 2.86 bits per heavy atom. The lowest BCUT2D eigenvalue weighted by Crippen LogP contribution is -2.13. The zero-order chi connectivity index (χ0) is 10.6. The third kappa shape index (κ3) is 2.67. The van der Waals surface area contributed by atoms with Crippen molar-refractivity contribution in [2.75, 3.05) is 6.61 Å². The van der Waals surface area contributed by atoms with Crippen molar-refractivity contribution in [3.05, 3.63) is 23.4 Å². The summed E-state index contributed by atoms with van der Waals surface area (Å²) in [6.07, 6.45) is 0.937. The summed E-state index contributed by atoms with van der Waals surface area (Å²) in [7, 11) is 0. The van der Waals surface area contributed by atoms with Crippen molar-refractivity contribution in [1.29, 1.82) is 0 Å². The van der Waals surface area contributed by atoms with E-state index in [0.29, 0.717) is 23.0 Å². The van der Waals surface area contributed by atoms with Crippen LogP contribution in [0.4, 0.5) is 0 Å². The van der Waals surface area contributed by atoms with Gasteiger partial charge in [0.05, 0.1) is 12.2 Å². The van der Waals surface area contributed by atoms with Gasteiger partial charge >= 0.3 is 0 Å². The van der Waals surface area contributed by atoms with Crippen LogP contribution in [-0.4, -0.2) is 16.6 Å². The number of rotatable bonds is 4. The van der Waals surface area contributed by atoms with E-state index in [1.807, 2.05) is 26.0 Å². The number of hydrogen-bond acceptors (Lipinski definition) is 3. The van der Waals surface area contributed by atoms with Crippen LogP contribution >= 0.6 is 12.2 Å². The third-order valence-corrected chi connectivity index (χ3v) is 1.93. The highest BCUT2D eigenvalue weighted by atomic mass is 32.1. The molecule has 2 N–H and O–H groups in total. The van der Waals surface area contributed by atoms with E-state index in [2.05, 4.69) is 4.98 Å². The minimum absolute atomic E-state index is 0.323. The van der Waals surface area contributed by atoms with Gasteiger partial charge in [-0.15, -0.1) is 0 Å². The van der Waals surface area contributed by atoms with E-state index in [0.717, 1.165) is 12.1 Å². The second kappa shape index (κ2) is 4.91. The van der Waals surface area contributed by atoms with Gasteiger partial charge in [-0.25, -0.2) is 4.98 Å². The summed E-state index contributed by atoms with van der Waals surface area (Å²) in [4.78, 5) is 4.56. The second-order valence-corrected chi connectivity index (χ2v) is 3.46. The van der Waals surface area contributed by atoms with E-state index in [1.165, 1.54) is 0 Å². The van der Waals surface area contributed by atoms with Gasteiger partial charge in [0.2, 0.25) is 5.88 Å². The molecule has 76 valence electrons. The van der Waals surface area contributed by atoms with E-state index < -0.39 is 0 Å². The molecule has 0 aliphatic heterocycles. The largest absolute Gasteiger partial charge is 0.477 e. The molecule has 0 saturated carbocycles. The third-order valence-electron chi connectivity index (χ3n) is 1.71. The zero-order valence-electron chi connectivity index (χ0n) is 8.41. The molecule has 0 aromatic carbocycles. The fourth-order valence-corrected chi connectivity index (χ4v) is 1.18. The Bertz CT molecular complexity index is 339. The number of aryl methyl sites for hydroxylation is 1. The van der Waals surface area contributed by atoms with Gasteiger partial charge in [0.25, 0.3) is 0 Å². The molecule has 1 rings (SSSR count). The normalized spacial score (nSPS) is 9.86. The van der Waals surface area contributed by atoms with Crippen LogP contribution in [0.1, 0.15) is 24.6 Å². The molecule has 0 unspecified atom stereocenters. The number of aromatic nitrogens is 1. The molecule has 0 spiro atoms. The Hall–Kier alpha value is -1.16. The van der Waals surface area contributed by atoms with Crippen molar-refractivity contribution in [3.63, 3.8) is 0 Å². The summed E-state index contributed by atoms with van der Waals surface area (Å²) >= 11 is 4.90. The van der Waals surface area contributed by atoms with Crippen molar-refractivity contribution in [1.82, 2.24) is 4.98 Å². The van der Waals surface area contributed by atoms with E-state index in [-0.39, 0.29) is 0 Å². The van der Waals surface area contributed by atoms with Crippen molar-refractivity contribution >= 4 is 17.2 Å². The predicted octanol–water partition coefficient (Wildman–Crippen LogP) is 1.81. The maximum Gasteiger partial charge on any atom is 0.223 e. The molecule has 0 aliphatic rings. The van der Waals surface area contributed by atoms with Crippen LogP contribution in [-0.2, 0) is 0 Å². The highest BCUT2D eigenvalue weighted by molar-refractivity contribution is 7.80. The molecule has 14 heavy (non-hydrogen) atoms. The molecule has 0 atom stereocenters. The summed E-state index contributed by atoms with van der Waals surface area (Å²) in [6.45, 7) is 4.57. The molecule has 3 nitrogen and oxygen atoms in total. The maximum absolute atomic E-state index is 5.55. The van der Waals surface area contributed by atoms with Gasteiger partial charge in [-0.3, -0.25) is 0 Å². The Labute approximate surface area is 89.3 Å². The van der Waals surface area contributed by atoms with E-state index in [4.69, 9.17) is 22.7 Å². The van der Waals surface area contributed by atoms with Crippen LogP contribution in [0.2, 0.25) is 0 Å². The quantitative estimate of drug-likeness (QED) is 0.770. The van der Waals surface area contributed by atoms with Crippen LogP contribution < -0.4 is 10.5 Å². The highest BCUT2D eigenvalue weighted by Crippen LogP contribution is 2.16. The van der Waals surface area contributed by atoms with Gasteiger partial charge in [0, 0.05) is 5.69 Å². The number of pyridine rings is 1. The fourth-order valence-electron chi connectivity index (χ4n) is 1.03. The van der Waals surface area contributed by atoms with Crippen LogP contribution in [0.25, 0.3) is 0 Å². The first-order valence-corrected chi connectivity index (χ1v) is 4.96. The average Bonchev–Trinajstić information content (AvgIpc) is 2.14. The summed E-state index contributed by atoms with van der Waals surface area (Å²) < 4.78 is 5.45. The molecule has 4 heteroatoms. The van der Waals surface area contributed by atoms with Crippen LogP contribution in [0.3, 0.4) is 0 Å². The number of thiocarbonyl (C=S) groups is 1. The topological polar surface area (TPSA) is 48.1 Å². The lowest BCUT2D eigenvalue weighted by Gasteiger charge is -2.08. The van der Waals surface area contributed by atoms with E-state index in [9.17, 15) is 0 Å². The molecule has 0 amide bonds. The molecule has 1 aromatic rings. The van der Waals surface area contributed by atoms with Crippen molar-refractivity contribution in [2.45, 2.75) is 20.3 Å². The first kappa shape index (κ1) is 10.9. The first-order chi connectivity index (χ1) is 6.65. The maximum atomic E-state index is 5.55. The van der Waals surface area contributed by atoms with Crippen molar-refractivity contribution in [2.24, 2.45) is 5.73 Å². The summed E-state index contributed by atoms with van der Waals surface area (Å²) in [5, 5.41) is 0. The van der Waals surface area contributed by atoms with Crippen molar-refractivity contribution < 1.29 is 4.74 Å². The Balaban J connectivity index is 2.97. The lowest BCUT2D eigenvalue weighted by molar-refractivity contribution is 0.304. The standard InChI is InChI=1S/C10H14N2OS/c1-3-6-13-10-8(9(11)14)5-4-7(2)12-10/h4-5H,3,6H2,1-2H3,(H2,11,14). The smallest absolute Gasteiger partial charge is 0.223 e. The van der Waals surface area contributed by atoms with E-state index >= 15 is 0 Å². The van der Waals surface area contributed by atoms with Crippen LogP contribution in [0.15, 0.2) is 12.1 Å². The molecular formula is C10H14N2OS. The molecule has 0 bridgehead atoms. The van der Waals surface area contributed by atoms with Crippen LogP contribution in [0, 0.1) is 6.92 Å². The molecule has 1 heterocycles. The summed E-state index contributed by atoms with van der Waals surface area (Å²) in [6, 6.07) is 3.71. The van der Waals surface area contributed by atoms with Gasteiger partial charge in [-0.05, 0) is 25.5 Å². The number of nitrogens with zero attached hydrogens (tertiary/aromatic N) is 1. The number of hydrogen-bond donors (Lipinski definition) is 1. The number of nitrogens with two attached hydrogens (primary N) is 1. The molecule has 0 aliphatic carbocycles. The number of ether oxygens (including phenoxy) is 1. The van der Waals surface area contributed by atoms with Gasteiger partial charge in [-0.2, -0.15) is 0 Å². The second-order valence-electron chi connectivity index (χ2n) is 3.02. The van der Waals surface area contributed by atoms with Gasteiger partial charge in [0.1, 0.15) is 4.99 Å².